The number of hydrogen-bond donors (Lipinski definition) is 2. The van der Waals surface area contributed by atoms with Gasteiger partial charge in [0.25, 0.3) is 0 Å². The molecule has 0 atom stereocenters. The van der Waals surface area contributed by atoms with Gasteiger partial charge in [-0.15, -0.1) is 20.4 Å². The standard InChI is InChI=1S/C13H10FN11O/c14-8-2-1-4-15-13(8)25-5-3-9(20-25)17-10(26)6-24-7-16-11(21-24)12-18-22-23-19-12/h1-5,7H,6H2,(H,17,20,26)(H,18,19,22,23). The Kier molecular flexibility index (Phi) is 3.85. The maximum Gasteiger partial charge on any atom is 0.247 e. The smallest absolute Gasteiger partial charge is 0.247 e. The van der Waals surface area contributed by atoms with Crippen molar-refractivity contribution >= 4 is 11.7 Å². The van der Waals surface area contributed by atoms with E-state index in [4.69, 9.17) is 0 Å². The molecule has 0 aromatic carbocycles. The molecule has 26 heavy (non-hydrogen) atoms. The van der Waals surface area contributed by atoms with Crippen molar-refractivity contribution in [3.05, 3.63) is 42.7 Å². The lowest BCUT2D eigenvalue weighted by molar-refractivity contribution is -0.116. The molecule has 0 spiro atoms. The Bertz CT molecular complexity index is 1040. The summed E-state index contributed by atoms with van der Waals surface area (Å²) in [6.07, 6.45) is 4.31. The molecule has 0 bridgehead atoms. The summed E-state index contributed by atoms with van der Waals surface area (Å²) in [5.41, 5.74) is 0. The largest absolute Gasteiger partial charge is 0.308 e. The van der Waals surface area contributed by atoms with Crippen LogP contribution in [-0.2, 0) is 11.3 Å². The number of nitrogens with zero attached hydrogens (tertiary/aromatic N) is 9. The molecule has 0 saturated heterocycles. The molecule has 4 rings (SSSR count). The van der Waals surface area contributed by atoms with Crippen molar-refractivity contribution in [1.29, 1.82) is 0 Å². The first-order valence-electron chi connectivity index (χ1n) is 7.29. The molecule has 4 aromatic rings. The number of pyridine rings is 1. The van der Waals surface area contributed by atoms with Crippen molar-refractivity contribution in [2.24, 2.45) is 0 Å². The van der Waals surface area contributed by atoms with Crippen LogP contribution in [0.4, 0.5) is 10.2 Å². The maximum absolute atomic E-state index is 13.7. The summed E-state index contributed by atoms with van der Waals surface area (Å²) in [6, 6.07) is 4.28. The molecule has 0 aliphatic carbocycles. The zero-order chi connectivity index (χ0) is 17.9. The topological polar surface area (TPSA) is 145 Å². The van der Waals surface area contributed by atoms with E-state index < -0.39 is 5.82 Å². The van der Waals surface area contributed by atoms with E-state index in [1.54, 1.807) is 0 Å². The van der Waals surface area contributed by atoms with E-state index >= 15 is 0 Å². The van der Waals surface area contributed by atoms with Gasteiger partial charge in [0.1, 0.15) is 12.9 Å². The summed E-state index contributed by atoms with van der Waals surface area (Å²) in [5, 5.41) is 23.9. The lowest BCUT2D eigenvalue weighted by Gasteiger charge is -2.02. The molecular weight excluding hydrogens is 345 g/mol. The van der Waals surface area contributed by atoms with Crippen LogP contribution in [0.3, 0.4) is 0 Å². The molecule has 4 heterocycles. The summed E-state index contributed by atoms with van der Waals surface area (Å²) >= 11 is 0. The summed E-state index contributed by atoms with van der Waals surface area (Å²) in [4.78, 5) is 20.0. The Morgan fingerprint density at radius 3 is 2.96 bits per heavy atom. The average Bonchev–Trinajstić information content (AvgIpc) is 3.36. The monoisotopic (exact) mass is 355 g/mol. The molecule has 0 fully saturated rings. The number of carbonyl (C=O) groups excluding carboxylic acids is 1. The van der Waals surface area contributed by atoms with E-state index in [0.717, 1.165) is 0 Å². The fourth-order valence-electron chi connectivity index (χ4n) is 2.11. The van der Waals surface area contributed by atoms with E-state index in [0.29, 0.717) is 0 Å². The highest BCUT2D eigenvalue weighted by Gasteiger charge is 2.12. The molecule has 4 aromatic heterocycles. The number of H-pyrrole nitrogens is 1. The lowest BCUT2D eigenvalue weighted by Crippen LogP contribution is -2.19. The summed E-state index contributed by atoms with van der Waals surface area (Å²) < 4.78 is 16.3. The minimum absolute atomic E-state index is 0.0361. The van der Waals surface area contributed by atoms with Crippen LogP contribution in [0.5, 0.6) is 0 Å². The van der Waals surface area contributed by atoms with Crippen LogP contribution in [0.15, 0.2) is 36.9 Å². The first kappa shape index (κ1) is 15.5. The average molecular weight is 355 g/mol. The maximum atomic E-state index is 13.7. The van der Waals surface area contributed by atoms with Gasteiger partial charge >= 0.3 is 0 Å². The Balaban J connectivity index is 1.42. The lowest BCUT2D eigenvalue weighted by atomic mass is 10.4. The fourth-order valence-corrected chi connectivity index (χ4v) is 2.11. The van der Waals surface area contributed by atoms with Crippen molar-refractivity contribution in [3.63, 3.8) is 0 Å². The van der Waals surface area contributed by atoms with Gasteiger partial charge < -0.3 is 5.32 Å². The molecule has 2 N–H and O–H groups in total. The Labute approximate surface area is 144 Å². The van der Waals surface area contributed by atoms with Gasteiger partial charge in [0.2, 0.25) is 17.6 Å². The number of anilines is 1. The Hall–Kier alpha value is -4.03. The first-order valence-corrected chi connectivity index (χ1v) is 7.29. The van der Waals surface area contributed by atoms with Crippen LogP contribution in [0.2, 0.25) is 0 Å². The van der Waals surface area contributed by atoms with Crippen LogP contribution in [0, 0.1) is 5.82 Å². The Morgan fingerprint density at radius 2 is 2.15 bits per heavy atom. The predicted molar refractivity (Wildman–Crippen MR) is 83.1 cm³/mol. The third-order valence-electron chi connectivity index (χ3n) is 3.20. The molecule has 0 saturated carbocycles. The molecule has 0 unspecified atom stereocenters. The first-order chi connectivity index (χ1) is 12.7. The van der Waals surface area contributed by atoms with Crippen LogP contribution in [0.25, 0.3) is 17.5 Å². The van der Waals surface area contributed by atoms with Crippen molar-refractivity contribution in [2.75, 3.05) is 5.32 Å². The van der Waals surface area contributed by atoms with E-state index in [9.17, 15) is 9.18 Å². The molecule has 130 valence electrons. The van der Waals surface area contributed by atoms with Crippen LogP contribution in [-0.4, -0.2) is 56.1 Å². The number of amides is 1. The van der Waals surface area contributed by atoms with Crippen molar-refractivity contribution in [3.8, 4) is 17.5 Å². The number of hydrogen-bond acceptors (Lipinski definition) is 8. The van der Waals surface area contributed by atoms with Gasteiger partial charge in [-0.25, -0.2) is 23.7 Å². The van der Waals surface area contributed by atoms with Crippen LogP contribution < -0.4 is 5.32 Å². The number of aromatic amines is 1. The number of carbonyl (C=O) groups is 1. The van der Waals surface area contributed by atoms with Gasteiger partial charge in [0.15, 0.2) is 17.5 Å². The zero-order valence-electron chi connectivity index (χ0n) is 13.0. The number of halogens is 1. The number of rotatable bonds is 5. The molecular formula is C13H10FN11O. The van der Waals surface area contributed by atoms with Gasteiger partial charge in [-0.2, -0.15) is 5.21 Å². The zero-order valence-corrected chi connectivity index (χ0v) is 13.0. The second-order valence-electron chi connectivity index (χ2n) is 5.00. The van der Waals surface area contributed by atoms with Gasteiger partial charge in [-0.05, 0) is 17.3 Å². The summed E-state index contributed by atoms with van der Waals surface area (Å²) in [5.74, 6) is -0.166. The van der Waals surface area contributed by atoms with E-state index in [2.05, 4.69) is 46.1 Å². The highest BCUT2D eigenvalue weighted by atomic mass is 19.1. The van der Waals surface area contributed by atoms with Crippen LogP contribution in [0.1, 0.15) is 0 Å². The number of tetrazole rings is 1. The second-order valence-corrected chi connectivity index (χ2v) is 5.00. The number of aromatic nitrogens is 10. The van der Waals surface area contributed by atoms with E-state index in [1.807, 2.05) is 0 Å². The predicted octanol–water partition coefficient (Wildman–Crippen LogP) is -0.183. The quantitative estimate of drug-likeness (QED) is 0.501. The molecule has 0 aliphatic rings. The summed E-state index contributed by atoms with van der Waals surface area (Å²) in [7, 11) is 0. The fraction of sp³-hybridized carbons (Fsp3) is 0.0769. The highest BCUT2D eigenvalue weighted by Crippen LogP contribution is 2.11. The van der Waals surface area contributed by atoms with Gasteiger partial charge in [-0.3, -0.25) is 4.79 Å². The minimum Gasteiger partial charge on any atom is -0.308 e. The second kappa shape index (κ2) is 6.46. The normalized spacial score (nSPS) is 10.8. The molecule has 1 amide bonds. The van der Waals surface area contributed by atoms with Crippen LogP contribution >= 0.6 is 0 Å². The van der Waals surface area contributed by atoms with Crippen molar-refractivity contribution in [1.82, 2.24) is 50.2 Å². The van der Waals surface area contributed by atoms with Crippen molar-refractivity contribution in [2.45, 2.75) is 6.54 Å². The minimum atomic E-state index is -0.523. The Morgan fingerprint density at radius 1 is 1.23 bits per heavy atom. The molecule has 13 heteroatoms. The van der Waals surface area contributed by atoms with Gasteiger partial charge in [0, 0.05) is 18.5 Å². The molecule has 0 aliphatic heterocycles. The highest BCUT2D eigenvalue weighted by molar-refractivity contribution is 5.89. The van der Waals surface area contributed by atoms with Gasteiger partial charge in [0.05, 0.1) is 0 Å². The third-order valence-corrected chi connectivity index (χ3v) is 3.20. The van der Waals surface area contributed by atoms with E-state index in [-0.39, 0.29) is 35.7 Å². The van der Waals surface area contributed by atoms with Crippen molar-refractivity contribution < 1.29 is 9.18 Å². The summed E-state index contributed by atoms with van der Waals surface area (Å²) in [6.45, 7) is -0.102. The van der Waals surface area contributed by atoms with E-state index in [1.165, 1.54) is 46.3 Å². The molecule has 12 nitrogen and oxygen atoms in total. The SMILES string of the molecule is O=C(Cn1cnc(-c2nn[nH]n2)n1)Nc1ccn(-c2ncccc2F)n1. The van der Waals surface area contributed by atoms with Gasteiger partial charge in [-0.1, -0.05) is 0 Å². The molecule has 0 radical (unpaired) electrons. The number of nitrogens with one attached hydrogen (secondary N) is 2. The third kappa shape index (κ3) is 3.12.